The number of anilines is 1. The Morgan fingerprint density at radius 2 is 2.00 bits per heavy atom. The lowest BCUT2D eigenvalue weighted by atomic mass is 10.1. The van der Waals surface area contributed by atoms with E-state index in [1.807, 2.05) is 31.3 Å². The van der Waals surface area contributed by atoms with Crippen LogP contribution in [-0.2, 0) is 6.42 Å². The van der Waals surface area contributed by atoms with Gasteiger partial charge in [0.2, 0.25) is 0 Å². The van der Waals surface area contributed by atoms with E-state index in [9.17, 15) is 4.39 Å². The largest absolute Gasteiger partial charge is 0.370 e. The number of aryl methyl sites for hydroxylation is 1. The summed E-state index contributed by atoms with van der Waals surface area (Å²) in [4.78, 5) is 4.23. The molecule has 1 aromatic heterocycles. The number of pyridine rings is 1. The van der Waals surface area contributed by atoms with E-state index in [-0.39, 0.29) is 5.82 Å². The van der Waals surface area contributed by atoms with E-state index in [1.165, 1.54) is 6.07 Å². The van der Waals surface area contributed by atoms with E-state index >= 15 is 0 Å². The fourth-order valence-electron chi connectivity index (χ4n) is 1.60. The van der Waals surface area contributed by atoms with Crippen LogP contribution in [0, 0.1) is 12.7 Å². The van der Waals surface area contributed by atoms with Crippen LogP contribution < -0.4 is 5.32 Å². The molecule has 0 unspecified atom stereocenters. The van der Waals surface area contributed by atoms with Crippen LogP contribution in [0.5, 0.6) is 0 Å². The van der Waals surface area contributed by atoms with Gasteiger partial charge in [-0.3, -0.25) is 0 Å². The summed E-state index contributed by atoms with van der Waals surface area (Å²) >= 11 is 0. The summed E-state index contributed by atoms with van der Waals surface area (Å²) in [5.74, 6) is 0.679. The lowest BCUT2D eigenvalue weighted by molar-refractivity contribution is 0.610. The van der Waals surface area contributed by atoms with Crippen LogP contribution in [0.1, 0.15) is 11.1 Å². The van der Waals surface area contributed by atoms with Gasteiger partial charge in [0.15, 0.2) is 0 Å². The summed E-state index contributed by atoms with van der Waals surface area (Å²) in [5.41, 5.74) is 1.86. The Morgan fingerprint density at radius 1 is 1.18 bits per heavy atom. The third-order valence-electron chi connectivity index (χ3n) is 2.57. The van der Waals surface area contributed by atoms with Crippen molar-refractivity contribution in [1.82, 2.24) is 4.98 Å². The SMILES string of the molecule is Cc1ccc(NCCc2ccccc2F)nc1. The molecule has 0 aliphatic heterocycles. The standard InChI is InChI=1S/C14H15FN2/c1-11-6-7-14(17-10-11)16-9-8-12-4-2-3-5-13(12)15/h2-7,10H,8-9H2,1H3,(H,16,17). The van der Waals surface area contributed by atoms with Crippen molar-refractivity contribution in [3.63, 3.8) is 0 Å². The Labute approximate surface area is 101 Å². The van der Waals surface area contributed by atoms with Crippen molar-refractivity contribution in [2.45, 2.75) is 13.3 Å². The van der Waals surface area contributed by atoms with Crippen LogP contribution in [0.4, 0.5) is 10.2 Å². The van der Waals surface area contributed by atoms with Crippen LogP contribution in [0.2, 0.25) is 0 Å². The quantitative estimate of drug-likeness (QED) is 0.872. The molecule has 88 valence electrons. The molecule has 17 heavy (non-hydrogen) atoms. The van der Waals surface area contributed by atoms with Gasteiger partial charge in [0, 0.05) is 12.7 Å². The summed E-state index contributed by atoms with van der Waals surface area (Å²) in [6.07, 6.45) is 2.47. The highest BCUT2D eigenvalue weighted by molar-refractivity contribution is 5.35. The summed E-state index contributed by atoms with van der Waals surface area (Å²) < 4.78 is 13.3. The molecule has 1 N–H and O–H groups in total. The van der Waals surface area contributed by atoms with Crippen molar-refractivity contribution in [2.24, 2.45) is 0 Å². The second kappa shape index (κ2) is 5.43. The highest BCUT2D eigenvalue weighted by Crippen LogP contribution is 2.08. The summed E-state index contributed by atoms with van der Waals surface area (Å²) in [5, 5.41) is 3.17. The van der Waals surface area contributed by atoms with Crippen molar-refractivity contribution >= 4 is 5.82 Å². The summed E-state index contributed by atoms with van der Waals surface area (Å²) in [6, 6.07) is 10.8. The molecule has 0 amide bonds. The van der Waals surface area contributed by atoms with E-state index in [2.05, 4.69) is 10.3 Å². The van der Waals surface area contributed by atoms with Gasteiger partial charge in [-0.15, -0.1) is 0 Å². The average Bonchev–Trinajstić information content (AvgIpc) is 2.34. The second-order valence-corrected chi connectivity index (χ2v) is 3.99. The van der Waals surface area contributed by atoms with Crippen LogP contribution in [0.25, 0.3) is 0 Å². The molecule has 2 rings (SSSR count). The molecule has 0 saturated heterocycles. The first kappa shape index (κ1) is 11.6. The molecule has 2 aromatic rings. The highest BCUT2D eigenvalue weighted by Gasteiger charge is 2.00. The number of benzene rings is 1. The van der Waals surface area contributed by atoms with Crippen molar-refractivity contribution < 1.29 is 4.39 Å². The maximum atomic E-state index is 13.3. The summed E-state index contributed by atoms with van der Waals surface area (Å²) in [7, 11) is 0. The Kier molecular flexibility index (Phi) is 3.70. The topological polar surface area (TPSA) is 24.9 Å². The minimum Gasteiger partial charge on any atom is -0.370 e. The molecule has 0 atom stereocenters. The third kappa shape index (κ3) is 3.28. The van der Waals surface area contributed by atoms with Gasteiger partial charge in [0.1, 0.15) is 11.6 Å². The van der Waals surface area contributed by atoms with E-state index in [4.69, 9.17) is 0 Å². The Hall–Kier alpha value is -1.90. The molecule has 3 heteroatoms. The smallest absolute Gasteiger partial charge is 0.126 e. The number of hydrogen-bond donors (Lipinski definition) is 1. The van der Waals surface area contributed by atoms with Gasteiger partial charge in [-0.1, -0.05) is 24.3 Å². The molecular formula is C14H15FN2. The molecule has 1 aromatic carbocycles. The second-order valence-electron chi connectivity index (χ2n) is 3.99. The molecule has 2 nitrogen and oxygen atoms in total. The number of nitrogens with zero attached hydrogens (tertiary/aromatic N) is 1. The van der Waals surface area contributed by atoms with Gasteiger partial charge >= 0.3 is 0 Å². The van der Waals surface area contributed by atoms with Gasteiger partial charge in [0.25, 0.3) is 0 Å². The fraction of sp³-hybridized carbons (Fsp3) is 0.214. The van der Waals surface area contributed by atoms with Crippen LogP contribution in [0.3, 0.4) is 0 Å². The first-order valence-electron chi connectivity index (χ1n) is 5.65. The number of halogens is 1. The van der Waals surface area contributed by atoms with Crippen molar-refractivity contribution in [2.75, 3.05) is 11.9 Å². The summed E-state index contributed by atoms with van der Waals surface area (Å²) in [6.45, 7) is 2.67. The predicted octanol–water partition coefficient (Wildman–Crippen LogP) is 3.18. The van der Waals surface area contributed by atoms with E-state index < -0.39 is 0 Å². The maximum absolute atomic E-state index is 13.3. The zero-order chi connectivity index (χ0) is 12.1. The molecular weight excluding hydrogens is 215 g/mol. The zero-order valence-corrected chi connectivity index (χ0v) is 9.78. The molecule has 1 heterocycles. The highest BCUT2D eigenvalue weighted by atomic mass is 19.1. The van der Waals surface area contributed by atoms with Crippen LogP contribution in [-0.4, -0.2) is 11.5 Å². The Balaban J connectivity index is 1.88. The van der Waals surface area contributed by atoms with Crippen molar-refractivity contribution in [3.05, 3.63) is 59.5 Å². The normalized spacial score (nSPS) is 10.2. The van der Waals surface area contributed by atoms with Gasteiger partial charge in [-0.2, -0.15) is 0 Å². The minimum absolute atomic E-state index is 0.147. The predicted molar refractivity (Wildman–Crippen MR) is 67.6 cm³/mol. The number of aromatic nitrogens is 1. The molecule has 0 radical (unpaired) electrons. The first-order chi connectivity index (χ1) is 8.25. The third-order valence-corrected chi connectivity index (χ3v) is 2.57. The molecule has 0 aliphatic carbocycles. The lowest BCUT2D eigenvalue weighted by Gasteiger charge is -2.06. The molecule has 0 bridgehead atoms. The Bertz CT molecular complexity index is 480. The van der Waals surface area contributed by atoms with Crippen LogP contribution >= 0.6 is 0 Å². The molecule has 0 aliphatic rings. The van der Waals surface area contributed by atoms with E-state index in [1.54, 1.807) is 12.1 Å². The van der Waals surface area contributed by atoms with E-state index in [0.717, 1.165) is 16.9 Å². The van der Waals surface area contributed by atoms with E-state index in [0.29, 0.717) is 13.0 Å². The number of hydrogen-bond acceptors (Lipinski definition) is 2. The maximum Gasteiger partial charge on any atom is 0.126 e. The van der Waals surface area contributed by atoms with Gasteiger partial charge in [-0.05, 0) is 36.6 Å². The van der Waals surface area contributed by atoms with Gasteiger partial charge in [0.05, 0.1) is 0 Å². The van der Waals surface area contributed by atoms with Gasteiger partial charge in [-0.25, -0.2) is 9.37 Å². The zero-order valence-electron chi connectivity index (χ0n) is 9.78. The molecule has 0 fully saturated rings. The fourth-order valence-corrected chi connectivity index (χ4v) is 1.60. The monoisotopic (exact) mass is 230 g/mol. The average molecular weight is 230 g/mol. The van der Waals surface area contributed by atoms with Crippen molar-refractivity contribution in [1.29, 1.82) is 0 Å². The molecule has 0 saturated carbocycles. The number of rotatable bonds is 4. The van der Waals surface area contributed by atoms with Crippen LogP contribution in [0.15, 0.2) is 42.6 Å². The first-order valence-corrected chi connectivity index (χ1v) is 5.65. The lowest BCUT2D eigenvalue weighted by Crippen LogP contribution is -2.07. The Morgan fingerprint density at radius 3 is 2.71 bits per heavy atom. The number of nitrogens with one attached hydrogen (secondary N) is 1. The molecule has 0 spiro atoms. The minimum atomic E-state index is -0.147. The van der Waals surface area contributed by atoms with Crippen molar-refractivity contribution in [3.8, 4) is 0 Å². The van der Waals surface area contributed by atoms with Gasteiger partial charge < -0.3 is 5.32 Å².